The lowest BCUT2D eigenvalue weighted by Crippen LogP contribution is -1.97. The van der Waals surface area contributed by atoms with E-state index in [4.69, 9.17) is 0 Å². The molecule has 0 aromatic carbocycles. The van der Waals surface area contributed by atoms with Gasteiger partial charge in [0.2, 0.25) is 0 Å². The van der Waals surface area contributed by atoms with E-state index in [-0.39, 0.29) is 0 Å². The zero-order valence-corrected chi connectivity index (χ0v) is 13.3. The number of nitrogens with one attached hydrogen (secondary N) is 1. The van der Waals surface area contributed by atoms with Gasteiger partial charge in [0, 0.05) is 24.2 Å². The summed E-state index contributed by atoms with van der Waals surface area (Å²) in [5.74, 6) is 0.553. The average molecular weight is 340 g/mol. The highest BCUT2D eigenvalue weighted by atomic mass is 19.3. The van der Waals surface area contributed by atoms with Gasteiger partial charge in [-0.25, -0.2) is 9.20 Å². The minimum atomic E-state index is -2.66. The molecule has 0 radical (unpaired) electrons. The highest BCUT2D eigenvalue weighted by molar-refractivity contribution is 5.71. The Labute approximate surface area is 141 Å². The molecular formula is C17H14F2N6. The fourth-order valence-corrected chi connectivity index (χ4v) is 2.62. The van der Waals surface area contributed by atoms with E-state index in [1.807, 2.05) is 43.5 Å². The number of rotatable bonds is 4. The zero-order chi connectivity index (χ0) is 17.4. The topological polar surface area (TPSA) is 60.0 Å². The third-order valence-corrected chi connectivity index (χ3v) is 3.77. The second-order valence-electron chi connectivity index (χ2n) is 5.61. The van der Waals surface area contributed by atoms with Crippen molar-refractivity contribution in [1.82, 2.24) is 24.4 Å². The normalized spacial score (nSPS) is 11.4. The molecular weight excluding hydrogens is 326 g/mol. The highest BCUT2D eigenvalue weighted by Gasteiger charge is 2.09. The van der Waals surface area contributed by atoms with Crippen LogP contribution in [0.5, 0.6) is 0 Å². The Bertz CT molecular complexity index is 1040. The van der Waals surface area contributed by atoms with Crippen molar-refractivity contribution in [2.45, 2.75) is 13.5 Å². The molecule has 25 heavy (non-hydrogen) atoms. The molecule has 4 aromatic rings. The van der Waals surface area contributed by atoms with E-state index < -0.39 is 6.55 Å². The van der Waals surface area contributed by atoms with E-state index in [9.17, 15) is 8.78 Å². The maximum absolute atomic E-state index is 12.6. The molecule has 126 valence electrons. The Morgan fingerprint density at radius 3 is 2.72 bits per heavy atom. The van der Waals surface area contributed by atoms with Gasteiger partial charge in [-0.05, 0) is 42.3 Å². The molecule has 0 aliphatic rings. The van der Waals surface area contributed by atoms with Crippen molar-refractivity contribution in [3.8, 4) is 11.1 Å². The lowest BCUT2D eigenvalue weighted by molar-refractivity contribution is 0.0566. The minimum Gasteiger partial charge on any atom is -0.336 e. The molecule has 0 atom stereocenters. The summed E-state index contributed by atoms with van der Waals surface area (Å²) in [6, 6.07) is 9.79. The molecule has 0 aliphatic carbocycles. The number of pyridine rings is 2. The lowest BCUT2D eigenvalue weighted by atomic mass is 10.1. The van der Waals surface area contributed by atoms with Crippen LogP contribution in [0.25, 0.3) is 16.6 Å². The van der Waals surface area contributed by atoms with Crippen LogP contribution < -0.4 is 5.32 Å². The van der Waals surface area contributed by atoms with Gasteiger partial charge in [-0.3, -0.25) is 4.98 Å². The summed E-state index contributed by atoms with van der Waals surface area (Å²) in [6.07, 6.45) is 6.20. The average Bonchev–Trinajstić information content (AvgIpc) is 3.20. The number of halogens is 2. The van der Waals surface area contributed by atoms with Gasteiger partial charge in [-0.2, -0.15) is 19.0 Å². The number of nitrogens with zero attached hydrogens (tertiary/aromatic N) is 5. The van der Waals surface area contributed by atoms with Crippen LogP contribution in [0, 0.1) is 6.92 Å². The lowest BCUT2D eigenvalue weighted by Gasteiger charge is -2.02. The number of aromatic nitrogens is 5. The van der Waals surface area contributed by atoms with Crippen molar-refractivity contribution in [1.29, 1.82) is 0 Å². The van der Waals surface area contributed by atoms with Crippen molar-refractivity contribution < 1.29 is 8.78 Å². The summed E-state index contributed by atoms with van der Waals surface area (Å²) in [4.78, 5) is 4.20. The summed E-state index contributed by atoms with van der Waals surface area (Å²) < 4.78 is 27.4. The highest BCUT2D eigenvalue weighted by Crippen LogP contribution is 2.24. The molecule has 0 spiro atoms. The smallest absolute Gasteiger partial charge is 0.333 e. The summed E-state index contributed by atoms with van der Waals surface area (Å²) in [6.45, 7) is -0.717. The second kappa shape index (κ2) is 5.97. The quantitative estimate of drug-likeness (QED) is 0.609. The van der Waals surface area contributed by atoms with Crippen molar-refractivity contribution in [3.63, 3.8) is 0 Å². The summed E-state index contributed by atoms with van der Waals surface area (Å²) in [5.41, 5.74) is 4.41. The third kappa shape index (κ3) is 3.06. The zero-order valence-electron chi connectivity index (χ0n) is 13.3. The first kappa shape index (κ1) is 15.3. The Balaban J connectivity index is 1.63. The molecule has 8 heteroatoms. The second-order valence-corrected chi connectivity index (χ2v) is 5.61. The predicted octanol–water partition coefficient (Wildman–Crippen LogP) is 4.04. The van der Waals surface area contributed by atoms with Crippen molar-refractivity contribution in [2.24, 2.45) is 0 Å². The number of hydrogen-bond donors (Lipinski definition) is 1. The standard InChI is InChI=1S/C17H14F2N6/c1-11-6-12(2-4-20-11)13-3-5-24-15(7-13)8-16(23-24)22-14-9-21-25(10-14)17(18)19/h2-10,17H,1H3,(H,22,23). The number of hydrogen-bond acceptors (Lipinski definition) is 4. The van der Waals surface area contributed by atoms with Crippen molar-refractivity contribution in [2.75, 3.05) is 5.32 Å². The molecule has 0 saturated carbocycles. The van der Waals surface area contributed by atoms with E-state index in [2.05, 4.69) is 20.5 Å². The van der Waals surface area contributed by atoms with Gasteiger partial charge in [-0.15, -0.1) is 0 Å². The SMILES string of the molecule is Cc1cc(-c2ccn3nc(Nc4cnn(C(F)F)c4)cc3c2)ccn1. The fraction of sp³-hybridized carbons (Fsp3) is 0.118. The van der Waals surface area contributed by atoms with Gasteiger partial charge in [0.25, 0.3) is 0 Å². The summed E-state index contributed by atoms with van der Waals surface area (Å²) in [5, 5.41) is 11.0. The van der Waals surface area contributed by atoms with Gasteiger partial charge in [0.05, 0.1) is 23.6 Å². The Kier molecular flexibility index (Phi) is 3.64. The van der Waals surface area contributed by atoms with Crippen molar-refractivity contribution >= 4 is 17.0 Å². The van der Waals surface area contributed by atoms with Crippen LogP contribution in [0.2, 0.25) is 0 Å². The Morgan fingerprint density at radius 1 is 1.12 bits per heavy atom. The van der Waals surface area contributed by atoms with E-state index >= 15 is 0 Å². The maximum Gasteiger partial charge on any atom is 0.333 e. The van der Waals surface area contributed by atoms with Crippen LogP contribution in [-0.4, -0.2) is 24.4 Å². The number of anilines is 2. The van der Waals surface area contributed by atoms with Crippen LogP contribution in [0.15, 0.2) is 55.1 Å². The molecule has 0 fully saturated rings. The Hall–Kier alpha value is -3.29. The van der Waals surface area contributed by atoms with Crippen molar-refractivity contribution in [3.05, 3.63) is 60.8 Å². The van der Waals surface area contributed by atoms with Gasteiger partial charge in [0.15, 0.2) is 5.82 Å². The van der Waals surface area contributed by atoms with Crippen LogP contribution in [0.4, 0.5) is 20.3 Å². The van der Waals surface area contributed by atoms with Crippen LogP contribution in [-0.2, 0) is 0 Å². The Morgan fingerprint density at radius 2 is 1.96 bits per heavy atom. The van der Waals surface area contributed by atoms with Gasteiger partial charge >= 0.3 is 6.55 Å². The molecule has 4 rings (SSSR count). The monoisotopic (exact) mass is 340 g/mol. The number of fused-ring (bicyclic) bond motifs is 1. The molecule has 4 heterocycles. The fourth-order valence-electron chi connectivity index (χ4n) is 2.62. The van der Waals surface area contributed by atoms with Gasteiger partial charge in [-0.1, -0.05) is 0 Å². The number of aryl methyl sites for hydroxylation is 1. The molecule has 4 aromatic heterocycles. The van der Waals surface area contributed by atoms with Gasteiger partial charge < -0.3 is 5.32 Å². The first-order chi connectivity index (χ1) is 12.1. The predicted molar refractivity (Wildman–Crippen MR) is 89.9 cm³/mol. The van der Waals surface area contributed by atoms with E-state index in [1.54, 1.807) is 10.7 Å². The minimum absolute atomic E-state index is 0.452. The first-order valence-corrected chi connectivity index (χ1v) is 7.60. The largest absolute Gasteiger partial charge is 0.336 e. The van der Waals surface area contributed by atoms with Crippen LogP contribution >= 0.6 is 0 Å². The molecule has 0 saturated heterocycles. The third-order valence-electron chi connectivity index (χ3n) is 3.77. The molecule has 0 bridgehead atoms. The molecule has 0 amide bonds. The molecule has 6 nitrogen and oxygen atoms in total. The van der Waals surface area contributed by atoms with E-state index in [0.29, 0.717) is 16.2 Å². The molecule has 0 aliphatic heterocycles. The molecule has 0 unspecified atom stereocenters. The number of alkyl halides is 2. The summed E-state index contributed by atoms with van der Waals surface area (Å²) >= 11 is 0. The summed E-state index contributed by atoms with van der Waals surface area (Å²) in [7, 11) is 0. The van der Waals surface area contributed by atoms with Gasteiger partial charge in [0.1, 0.15) is 0 Å². The van der Waals surface area contributed by atoms with E-state index in [0.717, 1.165) is 22.3 Å². The van der Waals surface area contributed by atoms with Crippen LogP contribution in [0.1, 0.15) is 12.2 Å². The first-order valence-electron chi connectivity index (χ1n) is 7.60. The molecule has 1 N–H and O–H groups in total. The van der Waals surface area contributed by atoms with Crippen LogP contribution in [0.3, 0.4) is 0 Å². The van der Waals surface area contributed by atoms with E-state index in [1.165, 1.54) is 12.4 Å². The maximum atomic E-state index is 12.6.